The molecule has 0 radical (unpaired) electrons. The van der Waals surface area contributed by atoms with Crippen LogP contribution in [-0.2, 0) is 4.79 Å². The number of thioether (sulfide) groups is 1. The second kappa shape index (κ2) is 7.84. The van der Waals surface area contributed by atoms with Crippen molar-refractivity contribution in [1.29, 1.82) is 0 Å². The Hall–Kier alpha value is -1.16. The fourth-order valence-electron chi connectivity index (χ4n) is 4.27. The molecule has 3 heterocycles. The molecule has 3 aliphatic heterocycles. The van der Waals surface area contributed by atoms with Crippen molar-refractivity contribution in [3.63, 3.8) is 0 Å². The molecule has 0 aliphatic carbocycles. The average molecular weight is 378 g/mol. The minimum Gasteiger partial charge on any atom is -0.389 e. The van der Waals surface area contributed by atoms with E-state index in [-0.39, 0.29) is 36.0 Å². The molecule has 0 saturated carbocycles. The summed E-state index contributed by atoms with van der Waals surface area (Å²) in [6.45, 7) is 1.22. The third-order valence-electron chi connectivity index (χ3n) is 5.68. The van der Waals surface area contributed by atoms with Gasteiger partial charge in [0.25, 0.3) is 0 Å². The summed E-state index contributed by atoms with van der Waals surface area (Å²) >= 11 is 1.68. The van der Waals surface area contributed by atoms with E-state index in [0.717, 1.165) is 17.9 Å². The van der Waals surface area contributed by atoms with E-state index in [2.05, 4.69) is 21.3 Å². The molecule has 4 rings (SSSR count). The van der Waals surface area contributed by atoms with Gasteiger partial charge in [-0.2, -0.15) is 0 Å². The summed E-state index contributed by atoms with van der Waals surface area (Å²) in [7, 11) is 0. The highest BCUT2D eigenvalue weighted by molar-refractivity contribution is 7.99. The van der Waals surface area contributed by atoms with Crippen molar-refractivity contribution < 1.29 is 15.0 Å². The van der Waals surface area contributed by atoms with Crippen LogP contribution in [0.3, 0.4) is 0 Å². The SMILES string of the molecule is O=C1NCNC2C(CC3N[C@H](CSc4ccccc4)C(O)C3O)CNC12. The molecule has 7 nitrogen and oxygen atoms in total. The first-order valence-corrected chi connectivity index (χ1v) is 10.2. The predicted octanol–water partition coefficient (Wildman–Crippen LogP) is -1.14. The van der Waals surface area contributed by atoms with Gasteiger partial charge in [0.05, 0.1) is 18.9 Å². The highest BCUT2D eigenvalue weighted by atomic mass is 32.2. The highest BCUT2D eigenvalue weighted by Gasteiger charge is 2.46. The maximum atomic E-state index is 11.9. The molecule has 0 bridgehead atoms. The summed E-state index contributed by atoms with van der Waals surface area (Å²) in [4.78, 5) is 13.1. The summed E-state index contributed by atoms with van der Waals surface area (Å²) in [5.41, 5.74) is 0. The van der Waals surface area contributed by atoms with Crippen LogP contribution < -0.4 is 21.3 Å². The molecule has 6 unspecified atom stereocenters. The molecule has 6 N–H and O–H groups in total. The molecule has 1 aromatic carbocycles. The van der Waals surface area contributed by atoms with Crippen LogP contribution in [0.5, 0.6) is 0 Å². The summed E-state index contributed by atoms with van der Waals surface area (Å²) in [5.74, 6) is 0.980. The van der Waals surface area contributed by atoms with E-state index in [1.54, 1.807) is 11.8 Å². The lowest BCUT2D eigenvalue weighted by molar-refractivity contribution is -0.125. The molecule has 8 heteroatoms. The molecule has 7 atom stereocenters. The molecule has 26 heavy (non-hydrogen) atoms. The second-order valence-electron chi connectivity index (χ2n) is 7.31. The van der Waals surface area contributed by atoms with Gasteiger partial charge < -0.3 is 26.2 Å². The van der Waals surface area contributed by atoms with Crippen LogP contribution in [0.2, 0.25) is 0 Å². The van der Waals surface area contributed by atoms with Crippen LogP contribution in [0.15, 0.2) is 35.2 Å². The van der Waals surface area contributed by atoms with Crippen LogP contribution in [0.1, 0.15) is 6.42 Å². The van der Waals surface area contributed by atoms with Gasteiger partial charge in [0.2, 0.25) is 5.91 Å². The van der Waals surface area contributed by atoms with Crippen molar-refractivity contribution in [3.05, 3.63) is 30.3 Å². The van der Waals surface area contributed by atoms with Crippen LogP contribution in [0, 0.1) is 5.92 Å². The molecule has 1 aromatic rings. The van der Waals surface area contributed by atoms with Gasteiger partial charge in [-0.1, -0.05) is 18.2 Å². The number of carbonyl (C=O) groups excluding carboxylic acids is 1. The highest BCUT2D eigenvalue weighted by Crippen LogP contribution is 2.29. The maximum Gasteiger partial charge on any atom is 0.239 e. The van der Waals surface area contributed by atoms with E-state index in [4.69, 9.17) is 0 Å². The molecular formula is C18H26N4O3S. The second-order valence-corrected chi connectivity index (χ2v) is 8.41. The lowest BCUT2D eigenvalue weighted by atomic mass is 9.89. The first kappa shape index (κ1) is 18.2. The largest absolute Gasteiger partial charge is 0.389 e. The number of benzene rings is 1. The Morgan fingerprint density at radius 2 is 1.85 bits per heavy atom. The Bertz CT molecular complexity index is 634. The molecule has 142 valence electrons. The Morgan fingerprint density at radius 3 is 2.65 bits per heavy atom. The lowest BCUT2D eigenvalue weighted by Crippen LogP contribution is -2.60. The molecule has 3 fully saturated rings. The van der Waals surface area contributed by atoms with E-state index >= 15 is 0 Å². The number of aliphatic hydroxyl groups is 2. The molecule has 3 saturated heterocycles. The summed E-state index contributed by atoms with van der Waals surface area (Å²) in [6.07, 6.45) is -0.837. The molecule has 1 amide bonds. The van der Waals surface area contributed by atoms with Gasteiger partial charge in [-0.3, -0.25) is 10.1 Å². The lowest BCUT2D eigenvalue weighted by Gasteiger charge is -2.31. The number of carbonyl (C=O) groups is 1. The smallest absolute Gasteiger partial charge is 0.239 e. The van der Waals surface area contributed by atoms with Gasteiger partial charge in [0, 0.05) is 35.3 Å². The molecule has 0 aromatic heterocycles. The van der Waals surface area contributed by atoms with Crippen LogP contribution in [0.25, 0.3) is 0 Å². The summed E-state index contributed by atoms with van der Waals surface area (Å²) in [6, 6.07) is 9.62. The monoisotopic (exact) mass is 378 g/mol. The Morgan fingerprint density at radius 1 is 1.08 bits per heavy atom. The van der Waals surface area contributed by atoms with Gasteiger partial charge in [-0.05, 0) is 24.5 Å². The first-order chi connectivity index (χ1) is 12.6. The average Bonchev–Trinajstić information content (AvgIpc) is 3.19. The maximum absolute atomic E-state index is 11.9. The van der Waals surface area contributed by atoms with Gasteiger partial charge in [0.1, 0.15) is 6.04 Å². The van der Waals surface area contributed by atoms with Crippen molar-refractivity contribution in [1.82, 2.24) is 21.3 Å². The number of rotatable bonds is 5. The number of hydrogen-bond donors (Lipinski definition) is 6. The van der Waals surface area contributed by atoms with Crippen LogP contribution in [-0.4, -0.2) is 71.5 Å². The normalized spacial score (nSPS) is 39.6. The number of aliphatic hydroxyl groups excluding tert-OH is 2. The Balaban J connectivity index is 1.33. The standard InChI is InChI=1S/C18H26N4O3S/c23-16-12(6-10-7-19-15-14(10)20-9-21-18(15)25)22-13(17(16)24)8-26-11-4-2-1-3-5-11/h1-5,10,12-17,19-20,22-24H,6-9H2,(H,21,25)/t10?,12?,13-,14?,15?,16?,17?/m1/s1. The minimum absolute atomic E-state index is 0.0355. The van der Waals surface area contributed by atoms with E-state index in [1.165, 1.54) is 0 Å². The van der Waals surface area contributed by atoms with Gasteiger partial charge in [0.15, 0.2) is 0 Å². The van der Waals surface area contributed by atoms with Crippen LogP contribution >= 0.6 is 11.8 Å². The third-order valence-corrected chi connectivity index (χ3v) is 6.81. The van der Waals surface area contributed by atoms with Crippen molar-refractivity contribution in [3.8, 4) is 0 Å². The zero-order chi connectivity index (χ0) is 18.1. The minimum atomic E-state index is -0.784. The molecule has 0 spiro atoms. The molecule has 3 aliphatic rings. The van der Waals surface area contributed by atoms with E-state index < -0.39 is 12.2 Å². The number of fused-ring (bicyclic) bond motifs is 1. The third kappa shape index (κ3) is 3.62. The van der Waals surface area contributed by atoms with Crippen molar-refractivity contribution in [2.75, 3.05) is 19.0 Å². The zero-order valence-electron chi connectivity index (χ0n) is 14.5. The Kier molecular flexibility index (Phi) is 5.49. The molecular weight excluding hydrogens is 352 g/mol. The number of amides is 1. The van der Waals surface area contributed by atoms with Crippen molar-refractivity contribution in [2.45, 2.75) is 47.7 Å². The number of hydrogen-bond acceptors (Lipinski definition) is 7. The summed E-state index contributed by atoms with van der Waals surface area (Å²) < 4.78 is 0. The number of nitrogens with one attached hydrogen (secondary N) is 4. The van der Waals surface area contributed by atoms with Gasteiger partial charge in [-0.25, -0.2) is 0 Å². The Labute approximate surface area is 157 Å². The first-order valence-electron chi connectivity index (χ1n) is 9.18. The predicted molar refractivity (Wildman–Crippen MR) is 99.7 cm³/mol. The van der Waals surface area contributed by atoms with E-state index in [0.29, 0.717) is 12.4 Å². The fraction of sp³-hybridized carbons (Fsp3) is 0.611. The summed E-state index contributed by atoms with van der Waals surface area (Å²) in [5, 5.41) is 33.8. The van der Waals surface area contributed by atoms with E-state index in [1.807, 2.05) is 30.3 Å². The van der Waals surface area contributed by atoms with E-state index in [9.17, 15) is 15.0 Å². The van der Waals surface area contributed by atoms with Crippen molar-refractivity contribution >= 4 is 17.7 Å². The van der Waals surface area contributed by atoms with Gasteiger partial charge >= 0.3 is 0 Å². The quantitative estimate of drug-likeness (QED) is 0.360. The van der Waals surface area contributed by atoms with Crippen molar-refractivity contribution in [2.24, 2.45) is 5.92 Å². The van der Waals surface area contributed by atoms with Crippen LogP contribution in [0.4, 0.5) is 0 Å². The topological polar surface area (TPSA) is 106 Å². The van der Waals surface area contributed by atoms with Gasteiger partial charge in [-0.15, -0.1) is 11.8 Å². The fourth-order valence-corrected chi connectivity index (χ4v) is 5.29. The zero-order valence-corrected chi connectivity index (χ0v) is 15.3.